The fourth-order valence-corrected chi connectivity index (χ4v) is 2.90. The van der Waals surface area contributed by atoms with E-state index in [0.29, 0.717) is 10.0 Å². The predicted octanol–water partition coefficient (Wildman–Crippen LogP) is 4.51. The molecule has 0 saturated heterocycles. The molecule has 0 spiro atoms. The van der Waals surface area contributed by atoms with E-state index in [0.717, 1.165) is 2.88 Å². The third-order valence-corrected chi connectivity index (χ3v) is 4.29. The average molecular weight is 426 g/mol. The summed E-state index contributed by atoms with van der Waals surface area (Å²) in [5.41, 5.74) is 0.712. The van der Waals surface area contributed by atoms with Crippen molar-refractivity contribution in [1.82, 2.24) is 0 Å². The molecule has 2 nitrogen and oxygen atoms in total. The first-order chi connectivity index (χ1) is 8.06. The van der Waals surface area contributed by atoms with Crippen LogP contribution in [0.2, 0.25) is 0 Å². The molecule has 0 radical (unpaired) electrons. The molecule has 2 aromatic rings. The van der Waals surface area contributed by atoms with E-state index in [9.17, 15) is 9.18 Å². The molecule has 17 heavy (non-hydrogen) atoms. The predicted molar refractivity (Wildman–Crippen MR) is 79.1 cm³/mol. The van der Waals surface area contributed by atoms with Gasteiger partial charge in [0.2, 0.25) is 0 Å². The lowest BCUT2D eigenvalue weighted by molar-refractivity contribution is 0.102. The Morgan fingerprint density at radius 3 is 2.82 bits per heavy atom. The first-order valence-electron chi connectivity index (χ1n) is 4.56. The second-order valence-corrected chi connectivity index (χ2v) is 6.94. The average Bonchev–Trinajstić information content (AvgIpc) is 2.70. The van der Waals surface area contributed by atoms with Gasteiger partial charge in [-0.25, -0.2) is 4.39 Å². The van der Waals surface area contributed by atoms with Crippen LogP contribution in [0.1, 0.15) is 10.4 Å². The van der Waals surface area contributed by atoms with Crippen molar-refractivity contribution in [3.05, 3.63) is 48.4 Å². The van der Waals surface area contributed by atoms with Gasteiger partial charge >= 0.3 is 0 Å². The lowest BCUT2D eigenvalue weighted by Gasteiger charge is -2.05. The van der Waals surface area contributed by atoms with Crippen LogP contribution in [0.25, 0.3) is 0 Å². The number of carbonyl (C=O) groups excluding carboxylic acids is 1. The number of halogens is 3. The number of benzene rings is 1. The summed E-state index contributed by atoms with van der Waals surface area (Å²) in [6.45, 7) is 0. The summed E-state index contributed by atoms with van der Waals surface area (Å²) in [6.07, 6.45) is 0. The Labute approximate surface area is 124 Å². The summed E-state index contributed by atoms with van der Waals surface area (Å²) in [4.78, 5) is 11.8. The summed E-state index contributed by atoms with van der Waals surface area (Å²) in [7, 11) is 0. The van der Waals surface area contributed by atoms with E-state index in [1.807, 2.05) is 0 Å². The lowest BCUT2D eigenvalue weighted by atomic mass is 10.2. The van der Waals surface area contributed by atoms with E-state index in [2.05, 4.69) is 43.8 Å². The van der Waals surface area contributed by atoms with Crippen LogP contribution in [0.4, 0.5) is 10.1 Å². The Balaban J connectivity index is 2.21. The molecule has 0 fully saturated rings. The smallest absolute Gasteiger partial charge is 0.256 e. The first kappa shape index (κ1) is 13.0. The fourth-order valence-electron chi connectivity index (χ4n) is 1.22. The van der Waals surface area contributed by atoms with Crippen molar-refractivity contribution < 1.29 is 9.18 Å². The summed E-state index contributed by atoms with van der Waals surface area (Å²) in [5, 5.41) is 4.28. The molecule has 1 aromatic carbocycles. The number of rotatable bonds is 2. The van der Waals surface area contributed by atoms with Gasteiger partial charge in [-0.2, -0.15) is 0 Å². The van der Waals surface area contributed by atoms with Crippen LogP contribution >= 0.6 is 49.9 Å². The molecule has 0 atom stereocenters. The van der Waals surface area contributed by atoms with E-state index in [-0.39, 0.29) is 11.6 Å². The van der Waals surface area contributed by atoms with Crippen molar-refractivity contribution in [2.45, 2.75) is 0 Å². The van der Waals surface area contributed by atoms with Crippen LogP contribution < -0.4 is 5.32 Å². The number of nitrogens with one attached hydrogen (secondary N) is 1. The number of thiophene rings is 1. The molecular formula is C11H6BrFINOS. The molecule has 0 saturated carbocycles. The minimum Gasteiger partial charge on any atom is -0.319 e. The topological polar surface area (TPSA) is 29.1 Å². The van der Waals surface area contributed by atoms with Gasteiger partial charge in [0, 0.05) is 9.85 Å². The Hall–Kier alpha value is -0.470. The highest BCUT2D eigenvalue weighted by molar-refractivity contribution is 14.1. The van der Waals surface area contributed by atoms with Crippen LogP contribution in [0, 0.1) is 8.70 Å². The summed E-state index contributed by atoms with van der Waals surface area (Å²) >= 11 is 6.84. The second kappa shape index (κ2) is 5.45. The molecule has 0 bridgehead atoms. The van der Waals surface area contributed by atoms with E-state index < -0.39 is 5.82 Å². The largest absolute Gasteiger partial charge is 0.319 e. The van der Waals surface area contributed by atoms with Crippen molar-refractivity contribution in [1.29, 1.82) is 0 Å². The Kier molecular flexibility index (Phi) is 4.16. The van der Waals surface area contributed by atoms with Gasteiger partial charge in [0.05, 0.1) is 14.1 Å². The first-order valence-corrected chi connectivity index (χ1v) is 7.32. The number of hydrogen-bond acceptors (Lipinski definition) is 2. The molecular weight excluding hydrogens is 420 g/mol. The van der Waals surface area contributed by atoms with E-state index >= 15 is 0 Å². The minimum atomic E-state index is -0.452. The van der Waals surface area contributed by atoms with Crippen molar-refractivity contribution in [3.63, 3.8) is 0 Å². The monoisotopic (exact) mass is 425 g/mol. The number of amides is 1. The number of hydrogen-bond donors (Lipinski definition) is 1. The SMILES string of the molecule is O=C(Nc1cc(Br)ccc1F)c1csc(I)c1. The molecule has 0 unspecified atom stereocenters. The Bertz CT molecular complexity index is 572. The molecule has 1 amide bonds. The van der Waals surface area contributed by atoms with Crippen molar-refractivity contribution in [2.24, 2.45) is 0 Å². The Morgan fingerprint density at radius 1 is 1.41 bits per heavy atom. The zero-order valence-electron chi connectivity index (χ0n) is 8.34. The van der Waals surface area contributed by atoms with Gasteiger partial charge in [-0.1, -0.05) is 15.9 Å². The van der Waals surface area contributed by atoms with Gasteiger partial charge in [0.15, 0.2) is 0 Å². The highest BCUT2D eigenvalue weighted by Crippen LogP contribution is 2.22. The number of carbonyl (C=O) groups is 1. The summed E-state index contributed by atoms with van der Waals surface area (Å²) < 4.78 is 15.1. The molecule has 0 aliphatic carbocycles. The van der Waals surface area contributed by atoms with Gasteiger partial charge in [0.1, 0.15) is 5.82 Å². The lowest BCUT2D eigenvalue weighted by Crippen LogP contribution is -2.12. The maximum atomic E-state index is 13.4. The molecule has 2 rings (SSSR count). The van der Waals surface area contributed by atoms with Gasteiger partial charge < -0.3 is 5.32 Å². The summed E-state index contributed by atoms with van der Waals surface area (Å²) in [6, 6.07) is 6.18. The van der Waals surface area contributed by atoms with Crippen molar-refractivity contribution >= 4 is 61.5 Å². The standard InChI is InChI=1S/C11H6BrFINOS/c12-7-1-2-8(13)9(4-7)15-11(16)6-3-10(14)17-5-6/h1-5H,(H,15,16). The maximum Gasteiger partial charge on any atom is 0.256 e. The molecule has 6 heteroatoms. The molecule has 1 aromatic heterocycles. The quantitative estimate of drug-likeness (QED) is 0.705. The van der Waals surface area contributed by atoms with E-state index in [1.165, 1.54) is 23.5 Å². The normalized spacial score (nSPS) is 10.3. The van der Waals surface area contributed by atoms with Gasteiger partial charge in [0.25, 0.3) is 5.91 Å². The highest BCUT2D eigenvalue weighted by Gasteiger charge is 2.11. The van der Waals surface area contributed by atoms with Crippen LogP contribution in [0.5, 0.6) is 0 Å². The van der Waals surface area contributed by atoms with E-state index in [4.69, 9.17) is 0 Å². The van der Waals surface area contributed by atoms with Crippen LogP contribution in [-0.2, 0) is 0 Å². The number of anilines is 1. The third kappa shape index (κ3) is 3.26. The van der Waals surface area contributed by atoms with Crippen molar-refractivity contribution in [2.75, 3.05) is 5.32 Å². The van der Waals surface area contributed by atoms with Crippen LogP contribution in [-0.4, -0.2) is 5.91 Å². The maximum absolute atomic E-state index is 13.4. The second-order valence-electron chi connectivity index (χ2n) is 3.22. The zero-order chi connectivity index (χ0) is 12.4. The zero-order valence-corrected chi connectivity index (χ0v) is 12.9. The van der Waals surface area contributed by atoms with E-state index in [1.54, 1.807) is 17.5 Å². The molecule has 0 aliphatic rings. The molecule has 88 valence electrons. The van der Waals surface area contributed by atoms with Crippen molar-refractivity contribution in [3.8, 4) is 0 Å². The molecule has 1 N–H and O–H groups in total. The third-order valence-electron chi connectivity index (χ3n) is 2.01. The highest BCUT2D eigenvalue weighted by atomic mass is 127. The van der Waals surface area contributed by atoms with Crippen LogP contribution in [0.15, 0.2) is 34.1 Å². The van der Waals surface area contributed by atoms with Gasteiger partial charge in [-0.15, -0.1) is 11.3 Å². The fraction of sp³-hybridized carbons (Fsp3) is 0. The summed E-state index contributed by atoms with van der Waals surface area (Å²) in [5.74, 6) is -0.757. The molecule has 1 heterocycles. The Morgan fingerprint density at radius 2 is 2.18 bits per heavy atom. The van der Waals surface area contributed by atoms with Gasteiger partial charge in [-0.05, 0) is 46.9 Å². The van der Waals surface area contributed by atoms with Gasteiger partial charge in [-0.3, -0.25) is 4.79 Å². The van der Waals surface area contributed by atoms with Crippen LogP contribution in [0.3, 0.4) is 0 Å². The molecule has 0 aliphatic heterocycles. The minimum absolute atomic E-state index is 0.172.